The van der Waals surface area contributed by atoms with Crippen molar-refractivity contribution in [3.8, 4) is 5.69 Å². The molecule has 0 aliphatic carbocycles. The predicted molar refractivity (Wildman–Crippen MR) is 108 cm³/mol. The Balaban J connectivity index is 1.57. The van der Waals surface area contributed by atoms with Crippen LogP contribution >= 0.6 is 15.9 Å². The number of nitrogens with one attached hydrogen (secondary N) is 1. The number of aryl methyl sites for hydroxylation is 1. The second-order valence-electron chi connectivity index (χ2n) is 6.54. The lowest BCUT2D eigenvalue weighted by Crippen LogP contribution is -2.11. The van der Waals surface area contributed by atoms with Crippen LogP contribution in [0.4, 0.5) is 0 Å². The number of pyridine rings is 1. The summed E-state index contributed by atoms with van der Waals surface area (Å²) >= 11 is 3.38. The fourth-order valence-corrected chi connectivity index (χ4v) is 3.35. The number of carbonyl (C=O) groups excluding carboxylic acids is 1. The molecule has 0 aliphatic rings. The summed E-state index contributed by atoms with van der Waals surface area (Å²) in [5, 5.41) is 4.37. The van der Waals surface area contributed by atoms with Gasteiger partial charge in [0, 0.05) is 10.7 Å². The maximum absolute atomic E-state index is 12.7. The normalized spacial score (nSPS) is 12.3. The topological polar surface area (TPSA) is 85.7 Å². The number of esters is 1. The summed E-state index contributed by atoms with van der Waals surface area (Å²) in [5.74, 6) is 0.0947. The third-order valence-corrected chi connectivity index (χ3v) is 5.00. The molecule has 1 atom stereocenters. The Morgan fingerprint density at radius 1 is 1.25 bits per heavy atom. The first kappa shape index (κ1) is 18.4. The molecule has 0 fully saturated rings. The smallest absolute Gasteiger partial charge is 0.342 e. The molecule has 142 valence electrons. The Morgan fingerprint density at radius 3 is 2.82 bits per heavy atom. The number of imidazole rings is 1. The molecule has 0 spiro atoms. The lowest BCUT2D eigenvalue weighted by atomic mass is 10.2. The number of hydrogen-bond donors (Lipinski definition) is 1. The number of hydrogen-bond acceptors (Lipinski definition) is 5. The highest BCUT2D eigenvalue weighted by atomic mass is 79.9. The van der Waals surface area contributed by atoms with Gasteiger partial charge in [-0.1, -0.05) is 18.2 Å². The molecule has 0 saturated carbocycles. The van der Waals surface area contributed by atoms with Crippen LogP contribution in [-0.2, 0) is 4.74 Å². The Labute approximate surface area is 169 Å². The van der Waals surface area contributed by atoms with Gasteiger partial charge >= 0.3 is 5.97 Å². The van der Waals surface area contributed by atoms with Gasteiger partial charge in [0.2, 0.25) is 0 Å². The van der Waals surface area contributed by atoms with Crippen molar-refractivity contribution in [2.24, 2.45) is 0 Å². The van der Waals surface area contributed by atoms with Gasteiger partial charge in [0.25, 0.3) is 0 Å². The molecule has 4 aromatic rings. The molecule has 28 heavy (non-hydrogen) atoms. The van der Waals surface area contributed by atoms with Crippen LogP contribution in [0, 0.1) is 13.8 Å². The number of halogens is 1. The summed E-state index contributed by atoms with van der Waals surface area (Å²) in [4.78, 5) is 24.5. The van der Waals surface area contributed by atoms with Gasteiger partial charge in [-0.3, -0.25) is 0 Å². The molecule has 1 aromatic carbocycles. The van der Waals surface area contributed by atoms with Crippen LogP contribution in [0.3, 0.4) is 0 Å². The van der Waals surface area contributed by atoms with Gasteiger partial charge in [0.15, 0.2) is 11.8 Å². The van der Waals surface area contributed by atoms with E-state index in [1.54, 1.807) is 17.8 Å². The number of carbonyl (C=O) groups is 1. The summed E-state index contributed by atoms with van der Waals surface area (Å²) in [6.07, 6.45) is 2.66. The van der Waals surface area contributed by atoms with Crippen molar-refractivity contribution in [3.05, 3.63) is 69.8 Å². The number of fused-ring (bicyclic) bond motifs is 1. The van der Waals surface area contributed by atoms with Gasteiger partial charge in [-0.2, -0.15) is 5.10 Å². The van der Waals surface area contributed by atoms with Crippen LogP contribution in [0.25, 0.3) is 16.9 Å². The van der Waals surface area contributed by atoms with Crippen LogP contribution in [0.5, 0.6) is 0 Å². The number of aromatic nitrogens is 5. The molecule has 1 N–H and O–H groups in total. The molecule has 0 radical (unpaired) electrons. The van der Waals surface area contributed by atoms with Crippen LogP contribution in [0.15, 0.2) is 47.2 Å². The van der Waals surface area contributed by atoms with Gasteiger partial charge in [-0.05, 0) is 54.4 Å². The average Bonchev–Trinajstić information content (AvgIpc) is 3.25. The number of ether oxygens (including phenoxy) is 1. The Kier molecular flexibility index (Phi) is 4.72. The average molecular weight is 440 g/mol. The van der Waals surface area contributed by atoms with Crippen molar-refractivity contribution >= 4 is 33.1 Å². The first-order valence-corrected chi connectivity index (χ1v) is 9.56. The minimum atomic E-state index is -0.554. The van der Waals surface area contributed by atoms with Crippen molar-refractivity contribution in [2.45, 2.75) is 26.9 Å². The van der Waals surface area contributed by atoms with Crippen LogP contribution in [-0.4, -0.2) is 30.7 Å². The second kappa shape index (κ2) is 7.20. The maximum Gasteiger partial charge on any atom is 0.342 e. The number of benzene rings is 1. The summed E-state index contributed by atoms with van der Waals surface area (Å²) in [7, 11) is 0. The second-order valence-corrected chi connectivity index (χ2v) is 7.45. The first-order valence-electron chi connectivity index (χ1n) is 8.77. The molecule has 1 unspecified atom stereocenters. The SMILES string of the molecule is Cc1ccccc1-n1ncc(C(=O)OC(C)c2nc3ncc(Br)cc3[nH]2)c1C. The molecule has 8 heteroatoms. The number of rotatable bonds is 4. The highest BCUT2D eigenvalue weighted by Crippen LogP contribution is 2.23. The Bertz CT molecular complexity index is 1180. The lowest BCUT2D eigenvalue weighted by Gasteiger charge is -2.11. The molecule has 3 heterocycles. The molecule has 0 saturated heterocycles. The molecule has 4 rings (SSSR count). The minimum absolute atomic E-state index is 0.423. The lowest BCUT2D eigenvalue weighted by molar-refractivity contribution is 0.0321. The van der Waals surface area contributed by atoms with Gasteiger partial charge < -0.3 is 9.72 Å². The summed E-state index contributed by atoms with van der Waals surface area (Å²) in [6, 6.07) is 9.76. The maximum atomic E-state index is 12.7. The van der Waals surface area contributed by atoms with Gasteiger partial charge in [-0.15, -0.1) is 0 Å². The quantitative estimate of drug-likeness (QED) is 0.475. The Hall–Kier alpha value is -3.00. The van der Waals surface area contributed by atoms with Crippen LogP contribution < -0.4 is 0 Å². The van der Waals surface area contributed by atoms with E-state index in [2.05, 4.69) is 36.0 Å². The van der Waals surface area contributed by atoms with Crippen molar-refractivity contribution in [3.63, 3.8) is 0 Å². The van der Waals surface area contributed by atoms with Crippen LogP contribution in [0.1, 0.15) is 40.5 Å². The van der Waals surface area contributed by atoms with E-state index < -0.39 is 12.1 Å². The molecule has 7 nitrogen and oxygen atoms in total. The zero-order valence-corrected chi connectivity index (χ0v) is 17.2. The van der Waals surface area contributed by atoms with Crippen molar-refractivity contribution in [1.82, 2.24) is 24.7 Å². The number of aromatic amines is 1. The molecule has 0 amide bonds. The van der Waals surface area contributed by atoms with Crippen molar-refractivity contribution in [2.75, 3.05) is 0 Å². The van der Waals surface area contributed by atoms with E-state index in [4.69, 9.17) is 4.74 Å². The van der Waals surface area contributed by atoms with E-state index >= 15 is 0 Å². The van der Waals surface area contributed by atoms with E-state index in [1.165, 1.54) is 6.20 Å². The highest BCUT2D eigenvalue weighted by molar-refractivity contribution is 9.10. The minimum Gasteiger partial charge on any atom is -0.451 e. The van der Waals surface area contributed by atoms with Crippen LogP contribution in [0.2, 0.25) is 0 Å². The molecule has 3 aromatic heterocycles. The van der Waals surface area contributed by atoms with Crippen molar-refractivity contribution < 1.29 is 9.53 Å². The molecule has 0 aliphatic heterocycles. The fraction of sp³-hybridized carbons (Fsp3) is 0.200. The summed E-state index contributed by atoms with van der Waals surface area (Å²) in [6.45, 7) is 5.62. The van der Waals surface area contributed by atoms with Gasteiger partial charge in [0.05, 0.1) is 23.1 Å². The predicted octanol–water partition coefficient (Wildman–Crippen LogP) is 4.44. The summed E-state index contributed by atoms with van der Waals surface area (Å²) < 4.78 is 8.21. The monoisotopic (exact) mass is 439 g/mol. The summed E-state index contributed by atoms with van der Waals surface area (Å²) in [5.41, 5.74) is 4.50. The number of para-hydroxylation sites is 1. The highest BCUT2D eigenvalue weighted by Gasteiger charge is 2.22. The first-order chi connectivity index (χ1) is 13.4. The van der Waals surface area contributed by atoms with E-state index in [9.17, 15) is 4.79 Å². The van der Waals surface area contributed by atoms with E-state index in [1.807, 2.05) is 44.2 Å². The largest absolute Gasteiger partial charge is 0.451 e. The van der Waals surface area contributed by atoms with E-state index in [0.717, 1.165) is 26.9 Å². The van der Waals surface area contributed by atoms with Gasteiger partial charge in [-0.25, -0.2) is 19.4 Å². The van der Waals surface area contributed by atoms with E-state index in [-0.39, 0.29) is 0 Å². The molecular weight excluding hydrogens is 422 g/mol. The van der Waals surface area contributed by atoms with Crippen molar-refractivity contribution in [1.29, 1.82) is 0 Å². The van der Waals surface area contributed by atoms with E-state index in [0.29, 0.717) is 17.0 Å². The zero-order valence-electron chi connectivity index (χ0n) is 15.6. The third kappa shape index (κ3) is 3.31. The molecule has 0 bridgehead atoms. The van der Waals surface area contributed by atoms with Gasteiger partial charge in [0.1, 0.15) is 11.4 Å². The number of nitrogens with zero attached hydrogens (tertiary/aromatic N) is 4. The fourth-order valence-electron chi connectivity index (χ4n) is 3.02. The number of H-pyrrole nitrogens is 1. The molecular formula is C20H18BrN5O2. The zero-order chi connectivity index (χ0) is 19.8. The third-order valence-electron chi connectivity index (χ3n) is 4.56. The Morgan fingerprint density at radius 2 is 2.04 bits per heavy atom. The standard InChI is InChI=1S/C20H18BrN5O2/c1-11-6-4-5-7-17(11)26-12(2)15(10-23-26)20(27)28-13(3)18-24-16-8-14(21)9-22-19(16)25-18/h4-10,13H,1-3H3,(H,22,24,25).